The van der Waals surface area contributed by atoms with Crippen molar-refractivity contribution in [1.29, 1.82) is 0 Å². The van der Waals surface area contributed by atoms with Crippen LogP contribution in [0, 0.1) is 0 Å². The van der Waals surface area contributed by atoms with Crippen LogP contribution in [0.25, 0.3) is 11.0 Å². The van der Waals surface area contributed by atoms with Gasteiger partial charge in [0.25, 0.3) is 5.56 Å². The highest BCUT2D eigenvalue weighted by Crippen LogP contribution is 2.02. The fourth-order valence-corrected chi connectivity index (χ4v) is 0.968. The van der Waals surface area contributed by atoms with Crippen LogP contribution >= 0.6 is 12.4 Å². The molecule has 6 heteroatoms. The van der Waals surface area contributed by atoms with E-state index in [9.17, 15) is 4.79 Å². The number of nitrogens with zero attached hydrogens (tertiary/aromatic N) is 1. The van der Waals surface area contributed by atoms with Gasteiger partial charge in [-0.25, -0.2) is 0 Å². The molecule has 0 saturated heterocycles. The predicted octanol–water partition coefficient (Wildman–Crippen LogP) is 0.255. The Morgan fingerprint density at radius 2 is 2.25 bits per heavy atom. The molecule has 12 heavy (non-hydrogen) atoms. The maximum Gasteiger partial charge on any atom is 0.261 e. The molecule has 2 aromatic heterocycles. The van der Waals surface area contributed by atoms with Gasteiger partial charge in [0.2, 0.25) is 5.95 Å². The lowest BCUT2D eigenvalue weighted by Crippen LogP contribution is -2.09. The fraction of sp³-hybridized carbons (Fsp3) is 0. The first-order valence-corrected chi connectivity index (χ1v) is 3.10. The second kappa shape index (κ2) is 2.86. The monoisotopic (exact) mass is 186 g/mol. The molecule has 0 bridgehead atoms. The molecule has 0 atom stereocenters. The first-order chi connectivity index (χ1) is 5.27. The van der Waals surface area contributed by atoms with Gasteiger partial charge in [-0.05, 0) is 6.07 Å². The number of nitrogens with two attached hydrogens (primary N) is 1. The molecule has 0 aliphatic carbocycles. The van der Waals surface area contributed by atoms with Crippen LogP contribution in [0.2, 0.25) is 0 Å². The van der Waals surface area contributed by atoms with Crippen LogP contribution in [0.3, 0.4) is 0 Å². The molecule has 2 aromatic rings. The lowest BCUT2D eigenvalue weighted by Gasteiger charge is -1.90. The third-order valence-corrected chi connectivity index (χ3v) is 1.44. The van der Waals surface area contributed by atoms with Gasteiger partial charge in [0.05, 0.1) is 5.39 Å². The minimum Gasteiger partial charge on any atom is -0.369 e. The number of hydrogen-bond acceptors (Lipinski definition) is 3. The maximum atomic E-state index is 11.1. The van der Waals surface area contributed by atoms with E-state index in [-0.39, 0.29) is 23.9 Å². The van der Waals surface area contributed by atoms with E-state index in [1.165, 1.54) is 0 Å². The standard InChI is InChI=1S/C6H6N4O.ClH/c7-6-9-4-3(1-2-8-4)5(11)10-6;/h1-2H,(H4,7,8,9,10,11);1H. The average molecular weight is 187 g/mol. The van der Waals surface area contributed by atoms with Gasteiger partial charge in [-0.3, -0.25) is 9.78 Å². The van der Waals surface area contributed by atoms with Gasteiger partial charge in [0.15, 0.2) is 0 Å². The quantitative estimate of drug-likeness (QED) is 0.551. The number of rotatable bonds is 0. The summed E-state index contributed by atoms with van der Waals surface area (Å²) < 4.78 is 0. The van der Waals surface area contributed by atoms with Gasteiger partial charge in [-0.15, -0.1) is 12.4 Å². The summed E-state index contributed by atoms with van der Waals surface area (Å²) in [5.74, 6) is 0.130. The average Bonchev–Trinajstić information content (AvgIpc) is 2.34. The second-order valence-corrected chi connectivity index (χ2v) is 2.19. The SMILES string of the molecule is Cl.Nc1nc2[nH]ccc2c(=O)[nH]1. The smallest absolute Gasteiger partial charge is 0.261 e. The van der Waals surface area contributed by atoms with Crippen LogP contribution in [0.15, 0.2) is 17.1 Å². The molecule has 0 aromatic carbocycles. The summed E-state index contributed by atoms with van der Waals surface area (Å²) in [4.78, 5) is 20.1. The first kappa shape index (κ1) is 8.61. The molecule has 4 N–H and O–H groups in total. The van der Waals surface area contributed by atoms with E-state index in [0.29, 0.717) is 11.0 Å². The Morgan fingerprint density at radius 3 is 3.00 bits per heavy atom. The normalized spacial score (nSPS) is 9.67. The summed E-state index contributed by atoms with van der Waals surface area (Å²) >= 11 is 0. The van der Waals surface area contributed by atoms with E-state index in [1.807, 2.05) is 0 Å². The second-order valence-electron chi connectivity index (χ2n) is 2.19. The van der Waals surface area contributed by atoms with Gasteiger partial charge in [-0.2, -0.15) is 4.98 Å². The number of nitrogens with one attached hydrogen (secondary N) is 2. The molecule has 0 radical (unpaired) electrons. The van der Waals surface area contributed by atoms with E-state index >= 15 is 0 Å². The number of anilines is 1. The van der Waals surface area contributed by atoms with E-state index in [0.717, 1.165) is 0 Å². The molecule has 0 spiro atoms. The van der Waals surface area contributed by atoms with Gasteiger partial charge in [0, 0.05) is 6.20 Å². The van der Waals surface area contributed by atoms with Crippen LogP contribution in [0.4, 0.5) is 5.95 Å². The molecule has 64 valence electrons. The summed E-state index contributed by atoms with van der Waals surface area (Å²) in [7, 11) is 0. The minimum absolute atomic E-state index is 0. The van der Waals surface area contributed by atoms with Crippen molar-refractivity contribution in [2.75, 3.05) is 5.73 Å². The predicted molar refractivity (Wildman–Crippen MR) is 48.4 cm³/mol. The van der Waals surface area contributed by atoms with Crippen LogP contribution in [-0.2, 0) is 0 Å². The highest BCUT2D eigenvalue weighted by molar-refractivity contribution is 5.85. The molecule has 0 fully saturated rings. The van der Waals surface area contributed by atoms with Crippen molar-refractivity contribution >= 4 is 29.4 Å². The molecule has 0 aliphatic heterocycles. The molecule has 0 unspecified atom stereocenters. The Balaban J connectivity index is 0.000000720. The van der Waals surface area contributed by atoms with Crippen LogP contribution in [0.5, 0.6) is 0 Å². The Hall–Kier alpha value is -1.49. The van der Waals surface area contributed by atoms with Crippen molar-refractivity contribution in [3.63, 3.8) is 0 Å². The van der Waals surface area contributed by atoms with E-state index < -0.39 is 0 Å². The number of hydrogen-bond donors (Lipinski definition) is 3. The molecule has 2 heterocycles. The summed E-state index contributed by atoms with van der Waals surface area (Å²) in [6.07, 6.45) is 1.65. The molecule has 0 saturated carbocycles. The lowest BCUT2D eigenvalue weighted by molar-refractivity contribution is 1.18. The largest absolute Gasteiger partial charge is 0.369 e. The highest BCUT2D eigenvalue weighted by Gasteiger charge is 2.00. The zero-order valence-electron chi connectivity index (χ0n) is 6.00. The third kappa shape index (κ3) is 1.14. The molecule has 5 nitrogen and oxygen atoms in total. The maximum absolute atomic E-state index is 11.1. The zero-order chi connectivity index (χ0) is 7.84. The van der Waals surface area contributed by atoms with Gasteiger partial charge < -0.3 is 10.7 Å². The molecule has 0 aliphatic rings. The van der Waals surface area contributed by atoms with Crippen molar-refractivity contribution in [2.45, 2.75) is 0 Å². The van der Waals surface area contributed by atoms with Gasteiger partial charge in [0.1, 0.15) is 5.65 Å². The summed E-state index contributed by atoms with van der Waals surface area (Å²) in [5, 5.41) is 0.527. The third-order valence-electron chi connectivity index (χ3n) is 1.44. The lowest BCUT2D eigenvalue weighted by atomic mass is 10.4. The molecular weight excluding hydrogens is 180 g/mol. The van der Waals surface area contributed by atoms with Crippen LogP contribution in [-0.4, -0.2) is 15.0 Å². The zero-order valence-corrected chi connectivity index (χ0v) is 6.81. The van der Waals surface area contributed by atoms with Crippen LogP contribution < -0.4 is 11.3 Å². The number of halogens is 1. The first-order valence-electron chi connectivity index (χ1n) is 3.10. The van der Waals surface area contributed by atoms with Crippen molar-refractivity contribution in [2.24, 2.45) is 0 Å². The topological polar surface area (TPSA) is 87.6 Å². The molecule has 0 amide bonds. The Morgan fingerprint density at radius 1 is 1.50 bits per heavy atom. The fourth-order valence-electron chi connectivity index (χ4n) is 0.968. The molecular formula is C6H7ClN4O. The number of H-pyrrole nitrogens is 2. The van der Waals surface area contributed by atoms with E-state index in [4.69, 9.17) is 5.73 Å². The van der Waals surface area contributed by atoms with Crippen molar-refractivity contribution in [3.8, 4) is 0 Å². The van der Waals surface area contributed by atoms with Crippen molar-refractivity contribution in [3.05, 3.63) is 22.6 Å². The van der Waals surface area contributed by atoms with Crippen LogP contribution in [0.1, 0.15) is 0 Å². The van der Waals surface area contributed by atoms with Crippen molar-refractivity contribution in [1.82, 2.24) is 15.0 Å². The number of aromatic nitrogens is 3. The molecule has 2 rings (SSSR count). The minimum atomic E-state index is -0.214. The van der Waals surface area contributed by atoms with E-state index in [2.05, 4.69) is 15.0 Å². The number of nitrogen functional groups attached to an aromatic ring is 1. The van der Waals surface area contributed by atoms with Gasteiger partial charge in [-0.1, -0.05) is 0 Å². The summed E-state index contributed by atoms with van der Waals surface area (Å²) in [6.45, 7) is 0. The highest BCUT2D eigenvalue weighted by atomic mass is 35.5. The Kier molecular flexibility index (Phi) is 2.05. The number of fused-ring (bicyclic) bond motifs is 1. The number of aromatic amines is 2. The summed E-state index contributed by atoms with van der Waals surface area (Å²) in [5.41, 5.74) is 5.60. The Bertz CT molecular complexity index is 446. The van der Waals surface area contributed by atoms with E-state index in [1.54, 1.807) is 12.3 Å². The summed E-state index contributed by atoms with van der Waals surface area (Å²) in [6, 6.07) is 1.65. The van der Waals surface area contributed by atoms with Gasteiger partial charge >= 0.3 is 0 Å². The Labute approximate surface area is 73.4 Å². The van der Waals surface area contributed by atoms with Crippen molar-refractivity contribution < 1.29 is 0 Å².